The van der Waals surface area contributed by atoms with E-state index >= 15 is 0 Å². The quantitative estimate of drug-likeness (QED) is 0.517. The maximum atomic E-state index is 3.91. The van der Waals surface area contributed by atoms with Crippen molar-refractivity contribution in [1.82, 2.24) is 5.32 Å². The van der Waals surface area contributed by atoms with E-state index in [9.17, 15) is 0 Å². The van der Waals surface area contributed by atoms with Crippen molar-refractivity contribution in [3.8, 4) is 0 Å². The van der Waals surface area contributed by atoms with Gasteiger partial charge in [0.1, 0.15) is 0 Å². The predicted molar refractivity (Wildman–Crippen MR) is 121 cm³/mol. The Labute approximate surface area is 171 Å². The molecule has 0 amide bonds. The molecule has 0 radical (unpaired) electrons. The Balaban J connectivity index is 1.77. The van der Waals surface area contributed by atoms with Gasteiger partial charge in [0.25, 0.3) is 0 Å². The number of rotatable bonds is 5. The highest BCUT2D eigenvalue weighted by molar-refractivity contribution is 4.89. The second-order valence-electron chi connectivity index (χ2n) is 13.1. The van der Waals surface area contributed by atoms with E-state index in [1.807, 2.05) is 0 Å². The highest BCUT2D eigenvalue weighted by Gasteiger charge is 2.37. The molecule has 0 aromatic carbocycles. The molecule has 0 aromatic rings. The van der Waals surface area contributed by atoms with Crippen LogP contribution in [0.4, 0.5) is 0 Å². The van der Waals surface area contributed by atoms with Crippen molar-refractivity contribution in [1.29, 1.82) is 0 Å². The van der Waals surface area contributed by atoms with Gasteiger partial charge in [0.2, 0.25) is 0 Å². The molecule has 1 heterocycles. The molecule has 3 atom stereocenters. The molecule has 0 bridgehead atoms. The van der Waals surface area contributed by atoms with Gasteiger partial charge in [0, 0.05) is 6.04 Å². The molecular weight excluding hydrogens is 326 g/mol. The fourth-order valence-electron chi connectivity index (χ4n) is 5.85. The average Bonchev–Trinajstić information content (AvgIpc) is 2.58. The van der Waals surface area contributed by atoms with Gasteiger partial charge >= 0.3 is 0 Å². The van der Waals surface area contributed by atoms with E-state index in [2.05, 4.69) is 67.6 Å². The first-order chi connectivity index (χ1) is 12.3. The lowest BCUT2D eigenvalue weighted by Crippen LogP contribution is -2.46. The molecule has 0 spiro atoms. The van der Waals surface area contributed by atoms with Crippen molar-refractivity contribution in [2.75, 3.05) is 6.54 Å². The maximum absolute atomic E-state index is 3.91. The molecule has 1 heteroatoms. The number of nitrogens with one attached hydrogen (secondary N) is 1. The second kappa shape index (κ2) is 8.76. The lowest BCUT2D eigenvalue weighted by Gasteiger charge is -2.44. The standard InChI is InChI=1S/C26H51N/c1-19(23-15-14-22(18-27-23)25(5,6)7)16-17-26(8,9)21-12-10-20(11-13-21)24(2,3)4/h19-23,27H,10-18H2,1-9H3. The summed E-state index contributed by atoms with van der Waals surface area (Å²) < 4.78 is 0. The van der Waals surface area contributed by atoms with Crippen LogP contribution in [0, 0.1) is 39.9 Å². The van der Waals surface area contributed by atoms with E-state index in [0.717, 1.165) is 29.7 Å². The van der Waals surface area contributed by atoms with Gasteiger partial charge in [0.05, 0.1) is 0 Å². The Morgan fingerprint density at radius 3 is 1.63 bits per heavy atom. The molecular formula is C26H51N. The van der Waals surface area contributed by atoms with Gasteiger partial charge in [-0.2, -0.15) is 0 Å². The van der Waals surface area contributed by atoms with E-state index < -0.39 is 0 Å². The van der Waals surface area contributed by atoms with E-state index in [4.69, 9.17) is 0 Å². The third-order valence-electron chi connectivity index (χ3n) is 8.67. The summed E-state index contributed by atoms with van der Waals surface area (Å²) in [6, 6.07) is 0.746. The SMILES string of the molecule is CC(CCC(C)(C)C1CCC(C(C)(C)C)CC1)C1CCC(C(C)(C)C)CN1. The van der Waals surface area contributed by atoms with Crippen molar-refractivity contribution in [2.45, 2.75) is 120 Å². The summed E-state index contributed by atoms with van der Waals surface area (Å²) in [6.45, 7) is 23.4. The summed E-state index contributed by atoms with van der Waals surface area (Å²) in [6.07, 6.45) is 11.4. The third-order valence-corrected chi connectivity index (χ3v) is 8.67. The van der Waals surface area contributed by atoms with E-state index in [1.165, 1.54) is 57.9 Å². The normalized spacial score (nSPS) is 32.3. The summed E-state index contributed by atoms with van der Waals surface area (Å²) >= 11 is 0. The lowest BCUT2D eigenvalue weighted by molar-refractivity contribution is 0.0744. The number of hydrogen-bond acceptors (Lipinski definition) is 1. The van der Waals surface area contributed by atoms with Gasteiger partial charge in [-0.1, -0.05) is 62.3 Å². The average molecular weight is 378 g/mol. The molecule has 1 aliphatic heterocycles. The molecule has 1 saturated carbocycles. The lowest BCUT2D eigenvalue weighted by atomic mass is 9.62. The Bertz CT molecular complexity index is 434. The third kappa shape index (κ3) is 6.48. The summed E-state index contributed by atoms with van der Waals surface area (Å²) in [7, 11) is 0. The minimum absolute atomic E-state index is 0.453. The predicted octanol–water partition coefficient (Wildman–Crippen LogP) is 7.70. The Hall–Kier alpha value is -0.0400. The monoisotopic (exact) mass is 377 g/mol. The molecule has 1 aliphatic carbocycles. The van der Waals surface area contributed by atoms with Crippen LogP contribution in [0.15, 0.2) is 0 Å². The Morgan fingerprint density at radius 2 is 1.19 bits per heavy atom. The summed E-state index contributed by atoms with van der Waals surface area (Å²) in [5.74, 6) is 3.53. The zero-order chi connectivity index (χ0) is 20.5. The van der Waals surface area contributed by atoms with Crippen molar-refractivity contribution in [3.63, 3.8) is 0 Å². The van der Waals surface area contributed by atoms with Crippen LogP contribution in [0.1, 0.15) is 114 Å². The minimum atomic E-state index is 0.453. The first kappa shape index (κ1) is 23.2. The molecule has 2 fully saturated rings. The summed E-state index contributed by atoms with van der Waals surface area (Å²) in [4.78, 5) is 0. The van der Waals surface area contributed by atoms with Gasteiger partial charge in [-0.15, -0.1) is 0 Å². The molecule has 1 nitrogen and oxygen atoms in total. The second-order valence-corrected chi connectivity index (χ2v) is 13.1. The molecule has 27 heavy (non-hydrogen) atoms. The fourth-order valence-corrected chi connectivity index (χ4v) is 5.85. The molecule has 160 valence electrons. The zero-order valence-electron chi connectivity index (χ0n) is 20.3. The van der Waals surface area contributed by atoms with Crippen LogP contribution in [-0.2, 0) is 0 Å². The number of hydrogen-bond donors (Lipinski definition) is 1. The van der Waals surface area contributed by atoms with Crippen LogP contribution >= 0.6 is 0 Å². The largest absolute Gasteiger partial charge is 0.313 e. The first-order valence-corrected chi connectivity index (χ1v) is 12.0. The van der Waals surface area contributed by atoms with Crippen LogP contribution in [0.5, 0.6) is 0 Å². The summed E-state index contributed by atoms with van der Waals surface area (Å²) in [5, 5.41) is 3.91. The van der Waals surface area contributed by atoms with Crippen molar-refractivity contribution >= 4 is 0 Å². The Morgan fingerprint density at radius 1 is 0.704 bits per heavy atom. The van der Waals surface area contributed by atoms with E-state index in [1.54, 1.807) is 0 Å². The van der Waals surface area contributed by atoms with Crippen molar-refractivity contribution < 1.29 is 0 Å². The fraction of sp³-hybridized carbons (Fsp3) is 1.00. The molecule has 1 saturated heterocycles. The van der Waals surface area contributed by atoms with Gasteiger partial charge < -0.3 is 5.32 Å². The van der Waals surface area contributed by atoms with Gasteiger partial charge in [-0.05, 0) is 97.8 Å². The van der Waals surface area contributed by atoms with Crippen molar-refractivity contribution in [2.24, 2.45) is 39.9 Å². The van der Waals surface area contributed by atoms with Crippen LogP contribution in [0.3, 0.4) is 0 Å². The van der Waals surface area contributed by atoms with E-state index in [0.29, 0.717) is 16.2 Å². The Kier molecular flexibility index (Phi) is 7.54. The van der Waals surface area contributed by atoms with Crippen LogP contribution in [-0.4, -0.2) is 12.6 Å². The topological polar surface area (TPSA) is 12.0 Å². The van der Waals surface area contributed by atoms with Gasteiger partial charge in [-0.25, -0.2) is 0 Å². The smallest absolute Gasteiger partial charge is 0.00929 e. The van der Waals surface area contributed by atoms with Gasteiger partial charge in [-0.3, -0.25) is 0 Å². The molecule has 3 unspecified atom stereocenters. The van der Waals surface area contributed by atoms with Gasteiger partial charge in [0.15, 0.2) is 0 Å². The molecule has 0 aromatic heterocycles. The van der Waals surface area contributed by atoms with Crippen LogP contribution in [0.25, 0.3) is 0 Å². The summed E-state index contributed by atoms with van der Waals surface area (Å²) in [5.41, 5.74) is 1.47. The first-order valence-electron chi connectivity index (χ1n) is 12.0. The van der Waals surface area contributed by atoms with E-state index in [-0.39, 0.29) is 0 Å². The number of piperidine rings is 1. The maximum Gasteiger partial charge on any atom is 0.00929 e. The highest BCUT2D eigenvalue weighted by Crippen LogP contribution is 2.47. The van der Waals surface area contributed by atoms with Crippen LogP contribution in [0.2, 0.25) is 0 Å². The van der Waals surface area contributed by atoms with Crippen molar-refractivity contribution in [3.05, 3.63) is 0 Å². The zero-order valence-corrected chi connectivity index (χ0v) is 20.3. The molecule has 1 N–H and O–H groups in total. The molecule has 2 aliphatic rings. The highest BCUT2D eigenvalue weighted by atomic mass is 14.9. The van der Waals surface area contributed by atoms with Crippen LogP contribution < -0.4 is 5.32 Å². The molecule has 2 rings (SSSR count). The minimum Gasteiger partial charge on any atom is -0.313 e.